The SMILES string of the molecule is Nc1ccc2nc(NC3CC3c3ccccc3)ccc2c1. The Morgan fingerprint density at radius 3 is 2.71 bits per heavy atom. The number of pyridine rings is 1. The van der Waals surface area contributed by atoms with Crippen molar-refractivity contribution in [3.8, 4) is 0 Å². The van der Waals surface area contributed by atoms with Crippen molar-refractivity contribution in [2.45, 2.75) is 18.4 Å². The van der Waals surface area contributed by atoms with Gasteiger partial charge in [-0.2, -0.15) is 0 Å². The first-order valence-electron chi connectivity index (χ1n) is 7.27. The number of nitrogens with two attached hydrogens (primary N) is 1. The fourth-order valence-electron chi connectivity index (χ4n) is 2.84. The van der Waals surface area contributed by atoms with Crippen LogP contribution in [-0.2, 0) is 0 Å². The maximum absolute atomic E-state index is 5.79. The van der Waals surface area contributed by atoms with Gasteiger partial charge in [0.05, 0.1) is 5.52 Å². The van der Waals surface area contributed by atoms with Gasteiger partial charge in [-0.1, -0.05) is 30.3 Å². The van der Waals surface area contributed by atoms with Crippen LogP contribution in [0.2, 0.25) is 0 Å². The summed E-state index contributed by atoms with van der Waals surface area (Å²) in [7, 11) is 0. The first kappa shape index (κ1) is 12.2. The van der Waals surface area contributed by atoms with Crippen molar-refractivity contribution < 1.29 is 0 Å². The molecule has 0 saturated heterocycles. The van der Waals surface area contributed by atoms with Crippen molar-refractivity contribution in [2.24, 2.45) is 0 Å². The normalized spacial score (nSPS) is 20.4. The number of anilines is 2. The monoisotopic (exact) mass is 275 g/mol. The molecule has 1 aliphatic carbocycles. The Morgan fingerprint density at radius 2 is 1.86 bits per heavy atom. The number of benzene rings is 2. The predicted octanol–water partition coefficient (Wildman–Crippen LogP) is 3.79. The van der Waals surface area contributed by atoms with Crippen LogP contribution >= 0.6 is 0 Å². The van der Waals surface area contributed by atoms with Crippen LogP contribution in [0.15, 0.2) is 60.7 Å². The highest BCUT2D eigenvalue weighted by molar-refractivity contribution is 5.83. The lowest BCUT2D eigenvalue weighted by Crippen LogP contribution is -2.05. The zero-order chi connectivity index (χ0) is 14.2. The zero-order valence-corrected chi connectivity index (χ0v) is 11.7. The Kier molecular flexibility index (Phi) is 2.78. The van der Waals surface area contributed by atoms with E-state index in [1.807, 2.05) is 24.3 Å². The minimum Gasteiger partial charge on any atom is -0.399 e. The number of rotatable bonds is 3. The second-order valence-electron chi connectivity index (χ2n) is 5.65. The van der Waals surface area contributed by atoms with Crippen molar-refractivity contribution in [1.29, 1.82) is 0 Å². The van der Waals surface area contributed by atoms with Crippen molar-refractivity contribution in [3.05, 3.63) is 66.2 Å². The Balaban J connectivity index is 1.52. The smallest absolute Gasteiger partial charge is 0.126 e. The van der Waals surface area contributed by atoms with Crippen LogP contribution < -0.4 is 11.1 Å². The van der Waals surface area contributed by atoms with Gasteiger partial charge in [0, 0.05) is 23.0 Å². The second kappa shape index (κ2) is 4.77. The molecule has 0 aliphatic heterocycles. The summed E-state index contributed by atoms with van der Waals surface area (Å²) >= 11 is 0. The number of hydrogen-bond donors (Lipinski definition) is 2. The Hall–Kier alpha value is -2.55. The molecule has 3 aromatic rings. The number of fused-ring (bicyclic) bond motifs is 1. The van der Waals surface area contributed by atoms with Crippen LogP contribution in [0, 0.1) is 0 Å². The Bertz CT molecular complexity index is 783. The van der Waals surface area contributed by atoms with Crippen molar-refractivity contribution in [1.82, 2.24) is 4.98 Å². The van der Waals surface area contributed by atoms with Crippen LogP contribution in [0.4, 0.5) is 11.5 Å². The summed E-state index contributed by atoms with van der Waals surface area (Å²) in [6.45, 7) is 0. The summed E-state index contributed by atoms with van der Waals surface area (Å²) in [4.78, 5) is 4.66. The van der Waals surface area contributed by atoms with Gasteiger partial charge in [0.1, 0.15) is 5.82 Å². The van der Waals surface area contributed by atoms with Crippen molar-refractivity contribution >= 4 is 22.4 Å². The summed E-state index contributed by atoms with van der Waals surface area (Å²) in [5.41, 5.74) is 8.95. The number of hydrogen-bond acceptors (Lipinski definition) is 3. The molecule has 2 aromatic carbocycles. The molecular formula is C18H17N3. The molecule has 0 radical (unpaired) electrons. The zero-order valence-electron chi connectivity index (χ0n) is 11.7. The summed E-state index contributed by atoms with van der Waals surface area (Å²) in [5.74, 6) is 1.55. The van der Waals surface area contributed by atoms with Crippen LogP contribution in [0.25, 0.3) is 10.9 Å². The molecule has 3 nitrogen and oxygen atoms in total. The average Bonchev–Trinajstić information content (AvgIpc) is 3.27. The second-order valence-corrected chi connectivity index (χ2v) is 5.65. The van der Waals surface area contributed by atoms with E-state index in [1.165, 1.54) is 12.0 Å². The van der Waals surface area contributed by atoms with E-state index in [9.17, 15) is 0 Å². The van der Waals surface area contributed by atoms with Gasteiger partial charge >= 0.3 is 0 Å². The fraction of sp³-hybridized carbons (Fsp3) is 0.167. The first-order valence-corrected chi connectivity index (χ1v) is 7.27. The third-order valence-corrected chi connectivity index (χ3v) is 4.06. The molecular weight excluding hydrogens is 258 g/mol. The molecule has 104 valence electrons. The standard InChI is InChI=1S/C18H17N3/c19-14-7-8-16-13(10-14)6-9-18(20-16)21-17-11-15(17)12-4-2-1-3-5-12/h1-10,15,17H,11,19H2,(H,20,21). The maximum Gasteiger partial charge on any atom is 0.126 e. The van der Waals surface area contributed by atoms with Crippen LogP contribution in [0.1, 0.15) is 17.9 Å². The lowest BCUT2D eigenvalue weighted by Gasteiger charge is -2.07. The molecule has 1 saturated carbocycles. The van der Waals surface area contributed by atoms with Crippen molar-refractivity contribution in [3.63, 3.8) is 0 Å². The van der Waals surface area contributed by atoms with Gasteiger partial charge in [-0.15, -0.1) is 0 Å². The minimum atomic E-state index is 0.492. The quantitative estimate of drug-likeness (QED) is 0.715. The first-order chi connectivity index (χ1) is 10.3. The highest BCUT2D eigenvalue weighted by Crippen LogP contribution is 2.42. The molecule has 0 amide bonds. The van der Waals surface area contributed by atoms with E-state index in [0.717, 1.165) is 22.4 Å². The van der Waals surface area contributed by atoms with Crippen LogP contribution in [-0.4, -0.2) is 11.0 Å². The largest absolute Gasteiger partial charge is 0.399 e. The van der Waals surface area contributed by atoms with Gasteiger partial charge in [0.15, 0.2) is 0 Å². The van der Waals surface area contributed by atoms with Gasteiger partial charge in [-0.3, -0.25) is 0 Å². The molecule has 3 N–H and O–H groups in total. The lowest BCUT2D eigenvalue weighted by atomic mass is 10.1. The molecule has 1 heterocycles. The minimum absolute atomic E-state index is 0.492. The third-order valence-electron chi connectivity index (χ3n) is 4.06. The number of nitrogens with one attached hydrogen (secondary N) is 1. The van der Waals surface area contributed by atoms with E-state index >= 15 is 0 Å². The molecule has 1 aliphatic rings. The molecule has 4 rings (SSSR count). The molecule has 1 fully saturated rings. The van der Waals surface area contributed by atoms with Gasteiger partial charge in [0.2, 0.25) is 0 Å². The van der Waals surface area contributed by atoms with E-state index in [2.05, 4.69) is 46.7 Å². The van der Waals surface area contributed by atoms with Gasteiger partial charge in [-0.25, -0.2) is 4.98 Å². The van der Waals surface area contributed by atoms with E-state index in [1.54, 1.807) is 0 Å². The van der Waals surface area contributed by atoms with Crippen molar-refractivity contribution in [2.75, 3.05) is 11.1 Å². The maximum atomic E-state index is 5.79. The molecule has 2 unspecified atom stereocenters. The summed E-state index contributed by atoms with van der Waals surface area (Å²) in [6.07, 6.45) is 1.17. The summed E-state index contributed by atoms with van der Waals surface area (Å²) in [5, 5.41) is 4.61. The average molecular weight is 275 g/mol. The molecule has 21 heavy (non-hydrogen) atoms. The molecule has 0 spiro atoms. The number of aromatic nitrogens is 1. The van der Waals surface area contributed by atoms with E-state index in [4.69, 9.17) is 5.73 Å². The van der Waals surface area contributed by atoms with Gasteiger partial charge < -0.3 is 11.1 Å². The van der Waals surface area contributed by atoms with E-state index < -0.39 is 0 Å². The predicted molar refractivity (Wildman–Crippen MR) is 87.4 cm³/mol. The molecule has 2 atom stereocenters. The molecule has 1 aromatic heterocycles. The molecule has 0 bridgehead atoms. The van der Waals surface area contributed by atoms with Gasteiger partial charge in [-0.05, 0) is 42.3 Å². The summed E-state index contributed by atoms with van der Waals surface area (Å²) in [6, 6.07) is 21.1. The molecule has 3 heteroatoms. The fourth-order valence-corrected chi connectivity index (χ4v) is 2.84. The lowest BCUT2D eigenvalue weighted by molar-refractivity contribution is 1.03. The number of nitrogen functional groups attached to an aromatic ring is 1. The van der Waals surface area contributed by atoms with Gasteiger partial charge in [0.25, 0.3) is 0 Å². The third kappa shape index (κ3) is 2.42. The van der Waals surface area contributed by atoms with Crippen LogP contribution in [0.3, 0.4) is 0 Å². The van der Waals surface area contributed by atoms with E-state index in [0.29, 0.717) is 12.0 Å². The number of nitrogens with zero attached hydrogens (tertiary/aromatic N) is 1. The Labute approximate surface area is 123 Å². The van der Waals surface area contributed by atoms with Crippen LogP contribution in [0.5, 0.6) is 0 Å². The highest BCUT2D eigenvalue weighted by Gasteiger charge is 2.38. The topological polar surface area (TPSA) is 50.9 Å². The summed E-state index contributed by atoms with van der Waals surface area (Å²) < 4.78 is 0. The highest BCUT2D eigenvalue weighted by atomic mass is 15.0. The Morgan fingerprint density at radius 1 is 1.00 bits per heavy atom. The van der Waals surface area contributed by atoms with E-state index in [-0.39, 0.29) is 0 Å².